The molecule has 18 heavy (non-hydrogen) atoms. The maximum Gasteiger partial charge on any atom is 0.257 e. The normalized spacial score (nSPS) is 23.7. The Labute approximate surface area is 106 Å². The molecule has 0 radical (unpaired) electrons. The van der Waals surface area contributed by atoms with Crippen molar-refractivity contribution in [3.05, 3.63) is 23.2 Å². The molecule has 0 saturated carbocycles. The zero-order valence-electron chi connectivity index (χ0n) is 11.0. The van der Waals surface area contributed by atoms with Crippen LogP contribution in [0.15, 0.2) is 10.5 Å². The van der Waals surface area contributed by atoms with E-state index in [1.54, 1.807) is 17.9 Å². The van der Waals surface area contributed by atoms with E-state index < -0.39 is 6.10 Å². The van der Waals surface area contributed by atoms with E-state index in [-0.39, 0.29) is 12.0 Å². The largest absolute Gasteiger partial charge is 0.466 e. The molecule has 2 atom stereocenters. The summed E-state index contributed by atoms with van der Waals surface area (Å²) in [7, 11) is 0. The predicted molar refractivity (Wildman–Crippen MR) is 65.5 cm³/mol. The number of hydrogen-bond acceptors (Lipinski definition) is 4. The van der Waals surface area contributed by atoms with Crippen LogP contribution in [0.4, 0.5) is 0 Å². The molecule has 0 spiro atoms. The lowest BCUT2D eigenvalue weighted by Crippen LogP contribution is -2.30. The molecule has 1 aliphatic heterocycles. The first kappa shape index (κ1) is 13.1. The summed E-state index contributed by atoms with van der Waals surface area (Å²) in [6.07, 6.45) is -0.894. The average molecular weight is 253 g/mol. The van der Waals surface area contributed by atoms with Crippen LogP contribution in [-0.2, 0) is 4.74 Å². The van der Waals surface area contributed by atoms with Crippen molar-refractivity contribution in [2.45, 2.75) is 33.0 Å². The third kappa shape index (κ3) is 2.42. The molecule has 1 saturated heterocycles. The number of β-amino-alcohol motifs (C(OH)–C–C–N with tert-alkyl or cyclic N) is 1. The lowest BCUT2D eigenvalue weighted by molar-refractivity contribution is -0.00237. The Morgan fingerprint density at radius 1 is 1.56 bits per heavy atom. The third-order valence-corrected chi connectivity index (χ3v) is 3.18. The summed E-state index contributed by atoms with van der Waals surface area (Å²) in [6, 6.07) is 1.73. The van der Waals surface area contributed by atoms with E-state index in [1.165, 1.54) is 0 Å². The fourth-order valence-electron chi connectivity index (χ4n) is 2.31. The van der Waals surface area contributed by atoms with Gasteiger partial charge in [0.05, 0.1) is 11.7 Å². The molecule has 1 aromatic heterocycles. The molecule has 1 aliphatic rings. The SMILES string of the molecule is CCO[C@@H]1CN(C(=O)c2cc(C)oc2C)C[C@H]1O. The minimum absolute atomic E-state index is 0.106. The first-order valence-electron chi connectivity index (χ1n) is 6.19. The molecule has 0 aromatic carbocycles. The van der Waals surface area contributed by atoms with Gasteiger partial charge in [-0.15, -0.1) is 0 Å². The molecule has 1 aromatic rings. The van der Waals surface area contributed by atoms with Crippen molar-refractivity contribution in [1.82, 2.24) is 4.90 Å². The average Bonchev–Trinajstić information content (AvgIpc) is 2.83. The summed E-state index contributed by atoms with van der Waals surface area (Å²) in [5.74, 6) is 1.23. The van der Waals surface area contributed by atoms with Crippen LogP contribution >= 0.6 is 0 Å². The number of rotatable bonds is 3. The van der Waals surface area contributed by atoms with E-state index >= 15 is 0 Å². The summed E-state index contributed by atoms with van der Waals surface area (Å²) in [6.45, 7) is 6.73. The molecule has 5 heteroatoms. The van der Waals surface area contributed by atoms with Gasteiger partial charge in [0.25, 0.3) is 5.91 Å². The Morgan fingerprint density at radius 2 is 2.28 bits per heavy atom. The van der Waals surface area contributed by atoms with Gasteiger partial charge in [0.2, 0.25) is 0 Å². The molecular formula is C13H19NO4. The van der Waals surface area contributed by atoms with Crippen LogP contribution in [0, 0.1) is 13.8 Å². The topological polar surface area (TPSA) is 62.9 Å². The molecular weight excluding hydrogens is 234 g/mol. The number of likely N-dealkylation sites (tertiary alicyclic amines) is 1. The smallest absolute Gasteiger partial charge is 0.257 e. The van der Waals surface area contributed by atoms with E-state index in [2.05, 4.69) is 0 Å². The van der Waals surface area contributed by atoms with Gasteiger partial charge in [-0.3, -0.25) is 4.79 Å². The van der Waals surface area contributed by atoms with Crippen molar-refractivity contribution in [3.8, 4) is 0 Å². The van der Waals surface area contributed by atoms with Gasteiger partial charge in [-0.25, -0.2) is 0 Å². The van der Waals surface area contributed by atoms with Crippen molar-refractivity contribution in [3.63, 3.8) is 0 Å². The minimum atomic E-state index is -0.609. The molecule has 1 amide bonds. The second-order valence-electron chi connectivity index (χ2n) is 4.60. The highest BCUT2D eigenvalue weighted by Crippen LogP contribution is 2.20. The number of carbonyl (C=O) groups is 1. The molecule has 2 heterocycles. The monoisotopic (exact) mass is 253 g/mol. The van der Waals surface area contributed by atoms with Crippen molar-refractivity contribution in [2.75, 3.05) is 19.7 Å². The van der Waals surface area contributed by atoms with E-state index in [9.17, 15) is 9.90 Å². The summed E-state index contributed by atoms with van der Waals surface area (Å²) in [5.41, 5.74) is 0.567. The Bertz CT molecular complexity index is 440. The molecule has 0 unspecified atom stereocenters. The summed E-state index contributed by atoms with van der Waals surface area (Å²) in [4.78, 5) is 13.9. The Kier molecular flexibility index (Phi) is 3.73. The lowest BCUT2D eigenvalue weighted by Gasteiger charge is -2.15. The van der Waals surface area contributed by atoms with Crippen LogP contribution in [0.2, 0.25) is 0 Å². The van der Waals surface area contributed by atoms with Crippen molar-refractivity contribution in [1.29, 1.82) is 0 Å². The van der Waals surface area contributed by atoms with Gasteiger partial charge in [-0.1, -0.05) is 0 Å². The number of hydrogen-bond donors (Lipinski definition) is 1. The number of ether oxygens (including phenoxy) is 1. The third-order valence-electron chi connectivity index (χ3n) is 3.18. The van der Waals surface area contributed by atoms with Crippen molar-refractivity contribution in [2.24, 2.45) is 0 Å². The van der Waals surface area contributed by atoms with Gasteiger partial charge in [-0.2, -0.15) is 0 Å². The Morgan fingerprint density at radius 3 is 2.83 bits per heavy atom. The quantitative estimate of drug-likeness (QED) is 0.876. The molecule has 1 fully saturated rings. The number of aryl methyl sites for hydroxylation is 2. The maximum absolute atomic E-state index is 12.3. The van der Waals surface area contributed by atoms with Gasteiger partial charge >= 0.3 is 0 Å². The fourth-order valence-corrected chi connectivity index (χ4v) is 2.31. The predicted octanol–water partition coefficient (Wildman–Crippen LogP) is 1.12. The van der Waals surface area contributed by atoms with Crippen LogP contribution in [0.3, 0.4) is 0 Å². The van der Waals surface area contributed by atoms with Gasteiger partial charge in [0.1, 0.15) is 17.6 Å². The lowest BCUT2D eigenvalue weighted by atomic mass is 10.2. The van der Waals surface area contributed by atoms with Crippen LogP contribution in [0.5, 0.6) is 0 Å². The van der Waals surface area contributed by atoms with Crippen LogP contribution in [0.1, 0.15) is 28.8 Å². The number of aliphatic hydroxyl groups is 1. The van der Waals surface area contributed by atoms with Gasteiger partial charge in [0.15, 0.2) is 0 Å². The highest BCUT2D eigenvalue weighted by atomic mass is 16.5. The van der Waals surface area contributed by atoms with E-state index in [4.69, 9.17) is 9.15 Å². The van der Waals surface area contributed by atoms with E-state index in [0.29, 0.717) is 31.0 Å². The molecule has 0 bridgehead atoms. The van der Waals surface area contributed by atoms with Crippen LogP contribution in [0.25, 0.3) is 0 Å². The van der Waals surface area contributed by atoms with E-state index in [1.807, 2.05) is 13.8 Å². The Hall–Kier alpha value is -1.33. The zero-order valence-corrected chi connectivity index (χ0v) is 11.0. The first-order valence-corrected chi connectivity index (χ1v) is 6.19. The second-order valence-corrected chi connectivity index (χ2v) is 4.60. The number of furan rings is 1. The number of amides is 1. The number of nitrogens with zero attached hydrogens (tertiary/aromatic N) is 1. The second kappa shape index (κ2) is 5.12. The number of aliphatic hydroxyl groups excluding tert-OH is 1. The molecule has 0 aliphatic carbocycles. The van der Waals surface area contributed by atoms with Gasteiger partial charge in [0, 0.05) is 19.7 Å². The van der Waals surface area contributed by atoms with E-state index in [0.717, 1.165) is 5.76 Å². The molecule has 2 rings (SSSR count). The van der Waals surface area contributed by atoms with Gasteiger partial charge < -0.3 is 19.2 Å². The minimum Gasteiger partial charge on any atom is -0.466 e. The Balaban J connectivity index is 2.09. The van der Waals surface area contributed by atoms with Gasteiger partial charge in [-0.05, 0) is 26.8 Å². The summed E-state index contributed by atoms with van der Waals surface area (Å²) in [5, 5.41) is 9.82. The van der Waals surface area contributed by atoms with Crippen LogP contribution < -0.4 is 0 Å². The van der Waals surface area contributed by atoms with Crippen molar-refractivity contribution < 1.29 is 19.1 Å². The van der Waals surface area contributed by atoms with Crippen LogP contribution in [-0.4, -0.2) is 47.8 Å². The summed E-state index contributed by atoms with van der Waals surface area (Å²) < 4.78 is 10.8. The summed E-state index contributed by atoms with van der Waals surface area (Å²) >= 11 is 0. The standard InChI is InChI=1S/C13H19NO4/c1-4-17-12-7-14(6-11(12)15)13(16)10-5-8(2)18-9(10)3/h5,11-12,15H,4,6-7H2,1-3H3/t11-,12-/m1/s1. The fraction of sp³-hybridized carbons (Fsp3) is 0.615. The first-order chi connectivity index (χ1) is 8.52. The highest BCUT2D eigenvalue weighted by molar-refractivity contribution is 5.95. The maximum atomic E-state index is 12.3. The van der Waals surface area contributed by atoms with Crippen molar-refractivity contribution >= 4 is 5.91 Å². The molecule has 5 nitrogen and oxygen atoms in total. The number of carbonyl (C=O) groups excluding carboxylic acids is 1. The molecule has 1 N–H and O–H groups in total. The highest BCUT2D eigenvalue weighted by Gasteiger charge is 2.35. The molecule has 100 valence electrons. The zero-order chi connectivity index (χ0) is 13.3.